The van der Waals surface area contributed by atoms with Crippen molar-refractivity contribution < 1.29 is 8.81 Å². The number of benzene rings is 1. The van der Waals surface area contributed by atoms with E-state index in [1.54, 1.807) is 6.07 Å². The van der Waals surface area contributed by atoms with E-state index in [4.69, 9.17) is 10.3 Å². The molecule has 1 fully saturated rings. The molecule has 1 aromatic heterocycles. The summed E-state index contributed by atoms with van der Waals surface area (Å²) in [6.07, 6.45) is 3.57. The zero-order chi connectivity index (χ0) is 13.4. The molecule has 0 aliphatic heterocycles. The lowest BCUT2D eigenvalue weighted by molar-refractivity contribution is 0.271. The van der Waals surface area contributed by atoms with Gasteiger partial charge in [0.2, 0.25) is 0 Å². The van der Waals surface area contributed by atoms with Gasteiger partial charge in [0.05, 0.1) is 6.04 Å². The average Bonchev–Trinajstić information content (AvgIpc) is 2.99. The molecule has 1 aliphatic rings. The first kappa shape index (κ1) is 12.6. The Kier molecular flexibility index (Phi) is 3.29. The average molecular weight is 262 g/mol. The van der Waals surface area contributed by atoms with E-state index < -0.39 is 0 Å². The van der Waals surface area contributed by atoms with Gasteiger partial charge in [0, 0.05) is 5.39 Å². The first-order valence-corrected chi connectivity index (χ1v) is 6.85. The van der Waals surface area contributed by atoms with Crippen molar-refractivity contribution >= 4 is 11.0 Å². The molecule has 4 heteroatoms. The number of halogens is 1. The largest absolute Gasteiger partial charge is 0.456 e. The van der Waals surface area contributed by atoms with Crippen molar-refractivity contribution in [2.24, 2.45) is 17.7 Å². The molecule has 3 nitrogen and oxygen atoms in total. The summed E-state index contributed by atoms with van der Waals surface area (Å²) < 4.78 is 19.4. The van der Waals surface area contributed by atoms with E-state index in [2.05, 4.69) is 12.3 Å². The first-order chi connectivity index (χ1) is 9.20. The number of hydrogen-bond acceptors (Lipinski definition) is 3. The molecule has 102 valence electrons. The molecule has 0 bridgehead atoms. The molecule has 1 heterocycles. The van der Waals surface area contributed by atoms with Crippen LogP contribution < -0.4 is 11.3 Å². The van der Waals surface area contributed by atoms with Crippen LogP contribution >= 0.6 is 0 Å². The fourth-order valence-corrected chi connectivity index (χ4v) is 3.29. The normalized spacial score (nSPS) is 25.0. The van der Waals surface area contributed by atoms with Gasteiger partial charge in [0.25, 0.3) is 0 Å². The van der Waals surface area contributed by atoms with E-state index in [0.717, 1.165) is 17.6 Å². The monoisotopic (exact) mass is 262 g/mol. The second-order valence-electron chi connectivity index (χ2n) is 5.52. The number of fused-ring (bicyclic) bond motifs is 1. The maximum atomic E-state index is 13.7. The van der Waals surface area contributed by atoms with Crippen molar-refractivity contribution in [2.45, 2.75) is 32.2 Å². The van der Waals surface area contributed by atoms with Gasteiger partial charge in [0.15, 0.2) is 11.4 Å². The van der Waals surface area contributed by atoms with E-state index in [1.807, 2.05) is 12.1 Å². The van der Waals surface area contributed by atoms with Gasteiger partial charge in [-0.25, -0.2) is 9.82 Å². The minimum atomic E-state index is -0.320. The Bertz CT molecular complexity index is 581. The van der Waals surface area contributed by atoms with Gasteiger partial charge >= 0.3 is 0 Å². The lowest BCUT2D eigenvalue weighted by Crippen LogP contribution is -2.34. The van der Waals surface area contributed by atoms with E-state index in [1.165, 1.54) is 18.9 Å². The van der Waals surface area contributed by atoms with Crippen LogP contribution in [0.2, 0.25) is 0 Å². The molecule has 3 unspecified atom stereocenters. The molecule has 1 aromatic carbocycles. The van der Waals surface area contributed by atoms with Crippen LogP contribution in [0, 0.1) is 17.7 Å². The zero-order valence-corrected chi connectivity index (χ0v) is 11.0. The Morgan fingerprint density at radius 1 is 1.42 bits per heavy atom. The number of nitrogens with one attached hydrogen (secondary N) is 1. The summed E-state index contributed by atoms with van der Waals surface area (Å²) >= 11 is 0. The van der Waals surface area contributed by atoms with Crippen LogP contribution in [0.3, 0.4) is 0 Å². The summed E-state index contributed by atoms with van der Waals surface area (Å²) in [6, 6.07) is 6.83. The van der Waals surface area contributed by atoms with Gasteiger partial charge < -0.3 is 4.42 Å². The summed E-state index contributed by atoms with van der Waals surface area (Å²) in [4.78, 5) is 0. The molecular weight excluding hydrogens is 243 g/mol. The minimum Gasteiger partial charge on any atom is -0.456 e. The maximum absolute atomic E-state index is 13.7. The van der Waals surface area contributed by atoms with E-state index >= 15 is 0 Å². The van der Waals surface area contributed by atoms with Crippen LogP contribution in [0.15, 0.2) is 28.7 Å². The number of para-hydroxylation sites is 1. The van der Waals surface area contributed by atoms with Gasteiger partial charge in [-0.3, -0.25) is 5.84 Å². The molecular formula is C15H19FN2O. The third-order valence-electron chi connectivity index (χ3n) is 4.36. The van der Waals surface area contributed by atoms with Gasteiger partial charge in [-0.1, -0.05) is 31.9 Å². The van der Waals surface area contributed by atoms with Crippen LogP contribution in [-0.2, 0) is 0 Å². The SMILES string of the molecule is CC1CCCC1C(NN)c1cc2cccc(F)c2o1. The molecule has 1 aliphatic carbocycles. The van der Waals surface area contributed by atoms with Crippen molar-refractivity contribution in [2.75, 3.05) is 0 Å². The number of hydrogen-bond donors (Lipinski definition) is 2. The molecule has 0 saturated heterocycles. The summed E-state index contributed by atoms with van der Waals surface area (Å²) in [7, 11) is 0. The van der Waals surface area contributed by atoms with E-state index in [9.17, 15) is 4.39 Å². The molecule has 3 rings (SSSR count). The summed E-state index contributed by atoms with van der Waals surface area (Å²) in [5.74, 6) is 7.18. The van der Waals surface area contributed by atoms with Crippen LogP contribution in [-0.4, -0.2) is 0 Å². The highest BCUT2D eigenvalue weighted by Gasteiger charge is 2.33. The Balaban J connectivity index is 1.99. The van der Waals surface area contributed by atoms with Crippen molar-refractivity contribution in [3.8, 4) is 0 Å². The van der Waals surface area contributed by atoms with Crippen molar-refractivity contribution in [3.63, 3.8) is 0 Å². The quantitative estimate of drug-likeness (QED) is 0.657. The summed E-state index contributed by atoms with van der Waals surface area (Å²) in [5, 5.41) is 0.793. The predicted octanol–water partition coefficient (Wildman–Crippen LogP) is 3.51. The lowest BCUT2D eigenvalue weighted by atomic mass is 9.89. The summed E-state index contributed by atoms with van der Waals surface area (Å²) in [6.45, 7) is 2.24. The molecule has 0 radical (unpaired) electrons. The molecule has 3 N–H and O–H groups in total. The molecule has 3 atom stereocenters. The van der Waals surface area contributed by atoms with Crippen LogP contribution in [0.5, 0.6) is 0 Å². The number of nitrogens with two attached hydrogens (primary N) is 1. The fourth-order valence-electron chi connectivity index (χ4n) is 3.29. The van der Waals surface area contributed by atoms with Gasteiger partial charge in [-0.05, 0) is 30.4 Å². The van der Waals surface area contributed by atoms with Crippen LogP contribution in [0.1, 0.15) is 38.0 Å². The molecule has 0 spiro atoms. The summed E-state index contributed by atoms with van der Waals surface area (Å²) in [5.41, 5.74) is 3.18. The third-order valence-corrected chi connectivity index (χ3v) is 4.36. The van der Waals surface area contributed by atoms with Crippen molar-refractivity contribution in [1.29, 1.82) is 0 Å². The van der Waals surface area contributed by atoms with Crippen LogP contribution in [0.25, 0.3) is 11.0 Å². The molecule has 0 amide bonds. The topological polar surface area (TPSA) is 51.2 Å². The minimum absolute atomic E-state index is 0.0377. The Morgan fingerprint density at radius 2 is 2.26 bits per heavy atom. The predicted molar refractivity (Wildman–Crippen MR) is 72.7 cm³/mol. The highest BCUT2D eigenvalue weighted by atomic mass is 19.1. The third kappa shape index (κ3) is 2.15. The standard InChI is InChI=1S/C15H19FN2O/c1-9-4-2-6-11(9)14(18-17)13-8-10-5-3-7-12(16)15(10)19-13/h3,5,7-9,11,14,18H,2,4,6,17H2,1H3. The number of furan rings is 1. The Hall–Kier alpha value is -1.39. The molecule has 2 aromatic rings. The van der Waals surface area contributed by atoms with Gasteiger partial charge in [-0.15, -0.1) is 0 Å². The smallest absolute Gasteiger partial charge is 0.169 e. The highest BCUT2D eigenvalue weighted by molar-refractivity contribution is 5.78. The van der Waals surface area contributed by atoms with Crippen LogP contribution in [0.4, 0.5) is 4.39 Å². The van der Waals surface area contributed by atoms with E-state index in [-0.39, 0.29) is 11.9 Å². The number of hydrazine groups is 1. The van der Waals surface area contributed by atoms with Gasteiger partial charge in [-0.2, -0.15) is 0 Å². The fraction of sp³-hybridized carbons (Fsp3) is 0.467. The second-order valence-corrected chi connectivity index (χ2v) is 5.52. The van der Waals surface area contributed by atoms with E-state index in [0.29, 0.717) is 17.4 Å². The molecule has 1 saturated carbocycles. The Morgan fingerprint density at radius 3 is 2.89 bits per heavy atom. The maximum Gasteiger partial charge on any atom is 0.169 e. The Labute approximate surface area is 111 Å². The van der Waals surface area contributed by atoms with Crippen molar-refractivity contribution in [1.82, 2.24) is 5.43 Å². The number of rotatable bonds is 3. The zero-order valence-electron chi connectivity index (χ0n) is 11.0. The first-order valence-electron chi connectivity index (χ1n) is 6.85. The second kappa shape index (κ2) is 4.94. The lowest BCUT2D eigenvalue weighted by Gasteiger charge is -2.24. The molecule has 19 heavy (non-hydrogen) atoms. The van der Waals surface area contributed by atoms with Gasteiger partial charge in [0.1, 0.15) is 5.76 Å². The van der Waals surface area contributed by atoms with Crippen molar-refractivity contribution in [3.05, 3.63) is 35.8 Å². The highest BCUT2D eigenvalue weighted by Crippen LogP contribution is 2.41.